The summed E-state index contributed by atoms with van der Waals surface area (Å²) in [7, 11) is 0. The van der Waals surface area contributed by atoms with Crippen molar-refractivity contribution in [2.75, 3.05) is 0 Å². The summed E-state index contributed by atoms with van der Waals surface area (Å²) < 4.78 is 38.9. The van der Waals surface area contributed by atoms with Gasteiger partial charge < -0.3 is 0 Å². The van der Waals surface area contributed by atoms with E-state index in [0.29, 0.717) is 11.1 Å². The number of hydrogen-bond acceptors (Lipinski definition) is 0. The molecular weight excluding hydrogens is 225 g/mol. The van der Waals surface area contributed by atoms with Gasteiger partial charge in [-0.15, -0.1) is 0 Å². The second kappa shape index (κ2) is 4.21. The summed E-state index contributed by atoms with van der Waals surface area (Å²) in [6.07, 6.45) is 4.10. The van der Waals surface area contributed by atoms with Crippen LogP contribution in [0.5, 0.6) is 0 Å². The molecule has 0 aromatic carbocycles. The Labute approximate surface area is 99.2 Å². The first-order valence-electron chi connectivity index (χ1n) is 5.76. The van der Waals surface area contributed by atoms with Gasteiger partial charge in [-0.2, -0.15) is 13.2 Å². The number of allylic oxidation sites excluding steroid dienone is 7. The van der Waals surface area contributed by atoms with Crippen LogP contribution in [0.15, 0.2) is 47.6 Å². The first-order valence-corrected chi connectivity index (χ1v) is 5.76. The minimum absolute atomic E-state index is 0.00917. The predicted octanol–water partition coefficient (Wildman–Crippen LogP) is 4.57. The van der Waals surface area contributed by atoms with E-state index in [2.05, 4.69) is 6.58 Å². The molecule has 0 heterocycles. The molecule has 2 rings (SSSR count). The van der Waals surface area contributed by atoms with Gasteiger partial charge in [0.2, 0.25) is 0 Å². The number of hydrogen-bond donors (Lipinski definition) is 0. The lowest BCUT2D eigenvalue weighted by atomic mass is 9.81. The van der Waals surface area contributed by atoms with E-state index >= 15 is 0 Å². The Morgan fingerprint density at radius 3 is 2.59 bits per heavy atom. The summed E-state index contributed by atoms with van der Waals surface area (Å²) in [5, 5.41) is 0. The maximum absolute atomic E-state index is 13.0. The van der Waals surface area contributed by atoms with E-state index in [4.69, 9.17) is 0 Å². The largest absolute Gasteiger partial charge is 0.416 e. The fraction of sp³-hybridized carbons (Fsp3) is 0.429. The Balaban J connectivity index is 2.39. The van der Waals surface area contributed by atoms with Crippen LogP contribution in [-0.4, -0.2) is 6.18 Å². The molecule has 2 aliphatic rings. The third-order valence-electron chi connectivity index (χ3n) is 3.37. The number of rotatable bonds is 1. The lowest BCUT2D eigenvalue weighted by Gasteiger charge is -2.26. The second-order valence-electron chi connectivity index (χ2n) is 4.65. The average molecular weight is 240 g/mol. The van der Waals surface area contributed by atoms with Crippen LogP contribution >= 0.6 is 0 Å². The van der Waals surface area contributed by atoms with E-state index in [1.807, 2.05) is 19.1 Å². The van der Waals surface area contributed by atoms with Crippen LogP contribution in [0, 0.1) is 11.8 Å². The van der Waals surface area contributed by atoms with E-state index < -0.39 is 11.7 Å². The molecule has 0 fully saturated rings. The Morgan fingerprint density at radius 2 is 2.06 bits per heavy atom. The van der Waals surface area contributed by atoms with Crippen LogP contribution in [0.1, 0.15) is 19.8 Å². The minimum Gasteiger partial charge on any atom is -0.166 e. The van der Waals surface area contributed by atoms with Gasteiger partial charge in [0.25, 0.3) is 0 Å². The third-order valence-corrected chi connectivity index (χ3v) is 3.37. The van der Waals surface area contributed by atoms with Gasteiger partial charge in [0.15, 0.2) is 0 Å². The maximum atomic E-state index is 13.0. The topological polar surface area (TPSA) is 0 Å². The molecule has 2 unspecified atom stereocenters. The fourth-order valence-corrected chi connectivity index (χ4v) is 2.33. The van der Waals surface area contributed by atoms with Crippen LogP contribution in [0.2, 0.25) is 0 Å². The van der Waals surface area contributed by atoms with E-state index in [0.717, 1.165) is 12.8 Å². The molecule has 0 aromatic rings. The molecule has 0 bridgehead atoms. The van der Waals surface area contributed by atoms with Crippen molar-refractivity contribution in [3.05, 3.63) is 47.6 Å². The molecule has 3 heteroatoms. The monoisotopic (exact) mass is 240 g/mol. The van der Waals surface area contributed by atoms with Crippen molar-refractivity contribution in [2.45, 2.75) is 25.9 Å². The normalized spacial score (nSPS) is 29.3. The minimum atomic E-state index is -4.29. The predicted molar refractivity (Wildman–Crippen MR) is 62.4 cm³/mol. The smallest absolute Gasteiger partial charge is 0.166 e. The second-order valence-corrected chi connectivity index (χ2v) is 4.65. The first kappa shape index (κ1) is 12.2. The average Bonchev–Trinajstić information content (AvgIpc) is 2.73. The van der Waals surface area contributed by atoms with E-state index in [1.165, 1.54) is 6.08 Å². The Hall–Kier alpha value is -1.25. The van der Waals surface area contributed by atoms with Gasteiger partial charge in [-0.25, -0.2) is 0 Å². The van der Waals surface area contributed by atoms with Crippen molar-refractivity contribution in [3.63, 3.8) is 0 Å². The highest BCUT2D eigenvalue weighted by Gasteiger charge is 2.39. The molecule has 92 valence electrons. The molecule has 2 aliphatic carbocycles. The zero-order valence-electron chi connectivity index (χ0n) is 9.72. The summed E-state index contributed by atoms with van der Waals surface area (Å²) in [5.41, 5.74) is 0.436. The quantitative estimate of drug-likeness (QED) is 0.589. The van der Waals surface area contributed by atoms with E-state index in [-0.39, 0.29) is 11.8 Å². The lowest BCUT2D eigenvalue weighted by molar-refractivity contribution is -0.0902. The van der Waals surface area contributed by atoms with Gasteiger partial charge in [-0.3, -0.25) is 0 Å². The molecule has 0 saturated heterocycles. The Kier molecular flexibility index (Phi) is 3.02. The summed E-state index contributed by atoms with van der Waals surface area (Å²) in [6, 6.07) is 0. The fourth-order valence-electron chi connectivity index (χ4n) is 2.33. The molecule has 0 saturated carbocycles. The molecule has 0 radical (unpaired) electrons. The van der Waals surface area contributed by atoms with Crippen LogP contribution in [0.4, 0.5) is 13.2 Å². The summed E-state index contributed by atoms with van der Waals surface area (Å²) in [6.45, 7) is 5.56. The molecule has 0 amide bonds. The van der Waals surface area contributed by atoms with Crippen molar-refractivity contribution in [1.29, 1.82) is 0 Å². The molecular formula is C14H15F3. The summed E-state index contributed by atoms with van der Waals surface area (Å²) in [5.74, 6) is -0.0940. The maximum Gasteiger partial charge on any atom is 0.416 e. The molecule has 0 nitrogen and oxygen atoms in total. The van der Waals surface area contributed by atoms with E-state index in [1.54, 1.807) is 6.08 Å². The highest BCUT2D eigenvalue weighted by Crippen LogP contribution is 2.42. The Bertz CT molecular complexity index is 421. The van der Waals surface area contributed by atoms with Crippen molar-refractivity contribution >= 4 is 0 Å². The first-order chi connectivity index (χ1) is 7.89. The third kappa shape index (κ3) is 2.38. The molecule has 2 atom stereocenters. The molecule has 0 spiro atoms. The number of halogens is 3. The highest BCUT2D eigenvalue weighted by atomic mass is 19.4. The van der Waals surface area contributed by atoms with Gasteiger partial charge in [0, 0.05) is 5.92 Å². The van der Waals surface area contributed by atoms with Crippen molar-refractivity contribution < 1.29 is 13.2 Å². The van der Waals surface area contributed by atoms with Gasteiger partial charge in [-0.1, -0.05) is 31.7 Å². The van der Waals surface area contributed by atoms with Gasteiger partial charge in [0.05, 0.1) is 5.57 Å². The van der Waals surface area contributed by atoms with Crippen LogP contribution in [0.25, 0.3) is 0 Å². The van der Waals surface area contributed by atoms with Gasteiger partial charge >= 0.3 is 6.18 Å². The molecule has 17 heavy (non-hydrogen) atoms. The zero-order chi connectivity index (χ0) is 12.6. The lowest BCUT2D eigenvalue weighted by Crippen LogP contribution is -2.21. The van der Waals surface area contributed by atoms with E-state index in [9.17, 15) is 13.2 Å². The van der Waals surface area contributed by atoms with Crippen LogP contribution in [0.3, 0.4) is 0 Å². The molecule has 0 N–H and O–H groups in total. The summed E-state index contributed by atoms with van der Waals surface area (Å²) >= 11 is 0. The van der Waals surface area contributed by atoms with Crippen molar-refractivity contribution in [2.24, 2.45) is 11.8 Å². The molecule has 0 aromatic heterocycles. The highest BCUT2D eigenvalue weighted by molar-refractivity contribution is 5.49. The Morgan fingerprint density at radius 1 is 1.35 bits per heavy atom. The van der Waals surface area contributed by atoms with Crippen molar-refractivity contribution in [1.82, 2.24) is 0 Å². The molecule has 0 aliphatic heterocycles. The summed E-state index contributed by atoms with van der Waals surface area (Å²) in [4.78, 5) is 0. The van der Waals surface area contributed by atoms with Gasteiger partial charge in [-0.05, 0) is 36.0 Å². The van der Waals surface area contributed by atoms with Gasteiger partial charge in [0.1, 0.15) is 0 Å². The van der Waals surface area contributed by atoms with Crippen LogP contribution < -0.4 is 0 Å². The van der Waals surface area contributed by atoms with Crippen LogP contribution in [-0.2, 0) is 0 Å². The zero-order valence-corrected chi connectivity index (χ0v) is 9.72. The van der Waals surface area contributed by atoms with Crippen molar-refractivity contribution in [3.8, 4) is 0 Å². The standard InChI is InChI=1S/C14H15F3/c1-9-7-12(11-5-3-4-6-11)13(8-10(9)2)14(15,16)17/h3,5,7-9,11H,2,4,6H2,1H3. The number of alkyl halides is 3. The SMILES string of the molecule is C=C1C=C(C(F)(F)F)C(C2C=CCC2)=CC1C.